The smallest absolute Gasteiger partial charge is 0.279 e. The third-order valence-electron chi connectivity index (χ3n) is 3.48. The molecular formula is C17H15ClF2N3O+. The van der Waals surface area contributed by atoms with Crippen LogP contribution in [0.1, 0.15) is 24.1 Å². The molecule has 0 saturated carbocycles. The molecule has 24 heavy (non-hydrogen) atoms. The number of quaternary nitrogens is 1. The normalized spacial score (nSPS) is 11.6. The van der Waals surface area contributed by atoms with E-state index in [1.165, 1.54) is 24.3 Å². The van der Waals surface area contributed by atoms with Crippen LogP contribution in [0, 0.1) is 23.0 Å². The second kappa shape index (κ2) is 7.86. The maximum absolute atomic E-state index is 13.7. The lowest BCUT2D eigenvalue weighted by Gasteiger charge is -2.12. The maximum Gasteiger partial charge on any atom is 0.279 e. The number of halogens is 3. The lowest BCUT2D eigenvalue weighted by molar-refractivity contribution is -0.682. The SMILES string of the molecule is C[C@H]([NH2+]CC(=O)Nc1ccc(C#N)c(Cl)c1)c1ccc(F)cc1F. The van der Waals surface area contributed by atoms with Crippen LogP contribution in [0.5, 0.6) is 0 Å². The Morgan fingerprint density at radius 3 is 2.71 bits per heavy atom. The van der Waals surface area contributed by atoms with E-state index in [1.807, 2.05) is 6.07 Å². The zero-order valence-corrected chi connectivity index (χ0v) is 13.6. The highest BCUT2D eigenvalue weighted by Crippen LogP contribution is 2.20. The molecule has 0 aliphatic carbocycles. The molecule has 124 valence electrons. The number of hydrogen-bond donors (Lipinski definition) is 2. The van der Waals surface area contributed by atoms with E-state index in [9.17, 15) is 13.6 Å². The number of hydrogen-bond acceptors (Lipinski definition) is 2. The highest BCUT2D eigenvalue weighted by atomic mass is 35.5. The first-order valence-corrected chi connectivity index (χ1v) is 7.56. The molecule has 0 fully saturated rings. The lowest BCUT2D eigenvalue weighted by Crippen LogP contribution is -2.86. The second-order valence-corrected chi connectivity index (χ2v) is 5.66. The van der Waals surface area contributed by atoms with Gasteiger partial charge in [0.15, 0.2) is 6.54 Å². The van der Waals surface area contributed by atoms with Crippen LogP contribution in [0.25, 0.3) is 0 Å². The fourth-order valence-electron chi connectivity index (χ4n) is 2.18. The van der Waals surface area contributed by atoms with Gasteiger partial charge in [0.2, 0.25) is 0 Å². The van der Waals surface area contributed by atoms with Crippen molar-refractivity contribution in [2.45, 2.75) is 13.0 Å². The summed E-state index contributed by atoms with van der Waals surface area (Å²) >= 11 is 5.90. The first-order valence-electron chi connectivity index (χ1n) is 7.18. The fraction of sp³-hybridized carbons (Fsp3) is 0.176. The summed E-state index contributed by atoms with van der Waals surface area (Å²) in [5, 5.41) is 13.3. The molecule has 0 heterocycles. The van der Waals surface area contributed by atoms with E-state index in [-0.39, 0.29) is 23.5 Å². The van der Waals surface area contributed by atoms with Crippen LogP contribution < -0.4 is 10.6 Å². The average Bonchev–Trinajstić information content (AvgIpc) is 2.53. The van der Waals surface area contributed by atoms with Gasteiger partial charge in [-0.25, -0.2) is 8.78 Å². The van der Waals surface area contributed by atoms with Gasteiger partial charge in [0, 0.05) is 17.3 Å². The molecule has 3 N–H and O–H groups in total. The average molecular weight is 351 g/mol. The number of nitrogens with zero attached hydrogens (tertiary/aromatic N) is 1. The molecule has 0 aliphatic heterocycles. The van der Waals surface area contributed by atoms with Crippen LogP contribution in [0.3, 0.4) is 0 Å². The molecule has 0 aliphatic rings. The summed E-state index contributed by atoms with van der Waals surface area (Å²) in [7, 11) is 0. The Balaban J connectivity index is 1.93. The van der Waals surface area contributed by atoms with Crippen LogP contribution >= 0.6 is 11.6 Å². The lowest BCUT2D eigenvalue weighted by atomic mass is 10.1. The van der Waals surface area contributed by atoms with Gasteiger partial charge in [-0.05, 0) is 37.3 Å². The summed E-state index contributed by atoms with van der Waals surface area (Å²) in [6.07, 6.45) is 0. The summed E-state index contributed by atoms with van der Waals surface area (Å²) in [6.45, 7) is 1.78. The van der Waals surface area contributed by atoms with Crippen molar-refractivity contribution in [1.29, 1.82) is 5.26 Å². The van der Waals surface area contributed by atoms with Gasteiger partial charge in [-0.2, -0.15) is 5.26 Å². The van der Waals surface area contributed by atoms with E-state index in [2.05, 4.69) is 5.32 Å². The van der Waals surface area contributed by atoms with Crippen LogP contribution in [-0.4, -0.2) is 12.5 Å². The Morgan fingerprint density at radius 1 is 1.33 bits per heavy atom. The van der Waals surface area contributed by atoms with Gasteiger partial charge in [-0.15, -0.1) is 0 Å². The Labute approximate surface area is 143 Å². The second-order valence-electron chi connectivity index (χ2n) is 5.25. The van der Waals surface area contributed by atoms with Crippen LogP contribution in [0.15, 0.2) is 36.4 Å². The zero-order valence-electron chi connectivity index (χ0n) is 12.8. The van der Waals surface area contributed by atoms with Gasteiger partial charge in [0.25, 0.3) is 5.91 Å². The van der Waals surface area contributed by atoms with Crippen molar-refractivity contribution in [1.82, 2.24) is 0 Å². The van der Waals surface area contributed by atoms with Gasteiger partial charge in [-0.3, -0.25) is 4.79 Å². The summed E-state index contributed by atoms with van der Waals surface area (Å²) in [5.41, 5.74) is 1.12. The van der Waals surface area contributed by atoms with E-state index >= 15 is 0 Å². The number of nitrogens with one attached hydrogen (secondary N) is 1. The zero-order chi connectivity index (χ0) is 17.7. The van der Waals surface area contributed by atoms with E-state index in [0.717, 1.165) is 6.07 Å². The monoisotopic (exact) mass is 350 g/mol. The predicted octanol–water partition coefficient (Wildman–Crippen LogP) is 2.75. The largest absolute Gasteiger partial charge is 0.332 e. The third-order valence-corrected chi connectivity index (χ3v) is 3.80. The summed E-state index contributed by atoms with van der Waals surface area (Å²) in [4.78, 5) is 11.9. The molecule has 2 rings (SSSR count). The fourth-order valence-corrected chi connectivity index (χ4v) is 2.40. The molecule has 0 bridgehead atoms. The van der Waals surface area contributed by atoms with E-state index in [0.29, 0.717) is 16.8 Å². The molecule has 0 spiro atoms. The topological polar surface area (TPSA) is 69.5 Å². The molecule has 0 unspecified atom stereocenters. The van der Waals surface area contributed by atoms with Crippen LogP contribution in [0.2, 0.25) is 5.02 Å². The van der Waals surface area contributed by atoms with Crippen molar-refractivity contribution >= 4 is 23.2 Å². The van der Waals surface area contributed by atoms with E-state index in [1.54, 1.807) is 18.3 Å². The standard InChI is InChI=1S/C17H14ClF2N3O/c1-10(14-5-3-12(19)6-16(14)20)22-9-17(24)23-13-4-2-11(8-21)15(18)7-13/h2-7,10,22H,9H2,1H3,(H,23,24)/p+1/t10-/m0/s1. The number of anilines is 1. The van der Waals surface area contributed by atoms with Crippen molar-refractivity contribution in [3.8, 4) is 6.07 Å². The van der Waals surface area contributed by atoms with Gasteiger partial charge < -0.3 is 10.6 Å². The molecule has 1 atom stereocenters. The minimum Gasteiger partial charge on any atom is -0.332 e. The van der Waals surface area contributed by atoms with E-state index in [4.69, 9.17) is 16.9 Å². The first kappa shape index (κ1) is 17.9. The molecule has 2 aromatic carbocycles. The minimum absolute atomic E-state index is 0.0512. The maximum atomic E-state index is 13.7. The summed E-state index contributed by atoms with van der Waals surface area (Å²) < 4.78 is 26.6. The number of carbonyl (C=O) groups is 1. The van der Waals surface area contributed by atoms with Crippen molar-refractivity contribution in [2.75, 3.05) is 11.9 Å². The molecule has 0 aromatic heterocycles. The minimum atomic E-state index is -0.641. The molecule has 2 aromatic rings. The molecular weight excluding hydrogens is 336 g/mol. The third kappa shape index (κ3) is 4.51. The van der Waals surface area contributed by atoms with Gasteiger partial charge in [0.1, 0.15) is 23.7 Å². The highest BCUT2D eigenvalue weighted by Gasteiger charge is 2.16. The van der Waals surface area contributed by atoms with Crippen molar-refractivity contribution in [3.05, 3.63) is 64.2 Å². The highest BCUT2D eigenvalue weighted by molar-refractivity contribution is 6.32. The van der Waals surface area contributed by atoms with Crippen molar-refractivity contribution < 1.29 is 18.9 Å². The van der Waals surface area contributed by atoms with Gasteiger partial charge in [0.05, 0.1) is 10.6 Å². The molecule has 4 nitrogen and oxygen atoms in total. The Bertz CT molecular complexity index is 805. The summed E-state index contributed by atoms with van der Waals surface area (Å²) in [5.74, 6) is -1.58. The molecule has 0 radical (unpaired) electrons. The first-order chi connectivity index (χ1) is 11.4. The van der Waals surface area contributed by atoms with E-state index < -0.39 is 11.6 Å². The number of nitrogens with two attached hydrogens (primary N) is 1. The number of amides is 1. The predicted molar refractivity (Wildman–Crippen MR) is 86.4 cm³/mol. The summed E-state index contributed by atoms with van der Waals surface area (Å²) in [6, 6.07) is 9.52. The number of benzene rings is 2. The molecule has 1 amide bonds. The Hall–Kier alpha value is -2.49. The number of carbonyl (C=O) groups excluding carboxylic acids is 1. The number of rotatable bonds is 5. The molecule has 7 heteroatoms. The van der Waals surface area contributed by atoms with Crippen molar-refractivity contribution in [3.63, 3.8) is 0 Å². The Morgan fingerprint density at radius 2 is 2.08 bits per heavy atom. The van der Waals surface area contributed by atoms with Crippen LogP contribution in [0.4, 0.5) is 14.5 Å². The number of nitriles is 1. The Kier molecular flexibility index (Phi) is 5.85. The van der Waals surface area contributed by atoms with Crippen LogP contribution in [-0.2, 0) is 4.79 Å². The van der Waals surface area contributed by atoms with Gasteiger partial charge in [-0.1, -0.05) is 11.6 Å². The van der Waals surface area contributed by atoms with Gasteiger partial charge >= 0.3 is 0 Å². The van der Waals surface area contributed by atoms with Crippen molar-refractivity contribution in [2.24, 2.45) is 0 Å². The molecule has 0 saturated heterocycles. The quantitative estimate of drug-likeness (QED) is 0.870.